The fourth-order valence-corrected chi connectivity index (χ4v) is 2.23. The van der Waals surface area contributed by atoms with E-state index in [1.807, 2.05) is 6.07 Å². The van der Waals surface area contributed by atoms with Gasteiger partial charge in [-0.05, 0) is 24.1 Å². The summed E-state index contributed by atoms with van der Waals surface area (Å²) in [6, 6.07) is 7.70. The van der Waals surface area contributed by atoms with E-state index in [0.29, 0.717) is 30.8 Å². The molecule has 1 amide bonds. The summed E-state index contributed by atoms with van der Waals surface area (Å²) in [4.78, 5) is 23.3. The zero-order chi connectivity index (χ0) is 15.2. The summed E-state index contributed by atoms with van der Waals surface area (Å²) >= 11 is 0. The highest BCUT2D eigenvalue weighted by molar-refractivity contribution is 5.85. The molecule has 21 heavy (non-hydrogen) atoms. The molecule has 2 N–H and O–H groups in total. The Kier molecular flexibility index (Phi) is 4.90. The Balaban J connectivity index is 2.03. The summed E-state index contributed by atoms with van der Waals surface area (Å²) in [7, 11) is 0. The Morgan fingerprint density at radius 1 is 1.52 bits per heavy atom. The molecule has 0 radical (unpaired) electrons. The number of aliphatic carboxylic acids is 1. The van der Waals surface area contributed by atoms with E-state index in [-0.39, 0.29) is 18.2 Å². The van der Waals surface area contributed by atoms with Crippen LogP contribution < -0.4 is 5.32 Å². The molecule has 1 aliphatic heterocycles. The first-order valence-electron chi connectivity index (χ1n) is 6.70. The quantitative estimate of drug-likeness (QED) is 0.831. The van der Waals surface area contributed by atoms with Crippen molar-refractivity contribution >= 4 is 11.9 Å². The van der Waals surface area contributed by atoms with Gasteiger partial charge in [0.1, 0.15) is 6.04 Å². The van der Waals surface area contributed by atoms with Crippen LogP contribution in [0.1, 0.15) is 17.5 Å². The van der Waals surface area contributed by atoms with E-state index >= 15 is 0 Å². The normalized spacial score (nSPS) is 18.7. The molecule has 2 atom stereocenters. The van der Waals surface area contributed by atoms with E-state index in [0.717, 1.165) is 0 Å². The van der Waals surface area contributed by atoms with Crippen molar-refractivity contribution in [2.45, 2.75) is 18.9 Å². The molecule has 1 fully saturated rings. The van der Waals surface area contributed by atoms with Gasteiger partial charge in [-0.3, -0.25) is 4.79 Å². The second-order valence-electron chi connectivity index (χ2n) is 4.98. The van der Waals surface area contributed by atoms with Crippen molar-refractivity contribution in [3.63, 3.8) is 0 Å². The lowest BCUT2D eigenvalue weighted by atomic mass is 10.0. The van der Waals surface area contributed by atoms with Crippen LogP contribution in [0.25, 0.3) is 0 Å². The third-order valence-electron chi connectivity index (χ3n) is 3.41. The molecule has 1 aromatic carbocycles. The summed E-state index contributed by atoms with van der Waals surface area (Å²) in [5.74, 6) is -1.67. The first-order valence-corrected chi connectivity index (χ1v) is 6.70. The smallest absolute Gasteiger partial charge is 0.326 e. The number of nitrogens with zero attached hydrogens (tertiary/aromatic N) is 1. The van der Waals surface area contributed by atoms with Crippen molar-refractivity contribution in [2.75, 3.05) is 13.2 Å². The largest absolute Gasteiger partial charge is 0.480 e. The number of carboxylic acids is 1. The minimum atomic E-state index is -1.09. The molecule has 6 heteroatoms. The summed E-state index contributed by atoms with van der Waals surface area (Å²) in [5, 5.41) is 20.6. The molecule has 0 aliphatic carbocycles. The number of amides is 1. The fourth-order valence-electron chi connectivity index (χ4n) is 2.23. The van der Waals surface area contributed by atoms with Crippen LogP contribution in [0.5, 0.6) is 0 Å². The first kappa shape index (κ1) is 15.0. The summed E-state index contributed by atoms with van der Waals surface area (Å²) in [5.41, 5.74) is 1.16. The van der Waals surface area contributed by atoms with Gasteiger partial charge in [-0.15, -0.1) is 0 Å². The number of hydrogen-bond donors (Lipinski definition) is 2. The van der Waals surface area contributed by atoms with E-state index in [1.54, 1.807) is 24.3 Å². The lowest BCUT2D eigenvalue weighted by molar-refractivity contribution is -0.142. The molecule has 1 saturated heterocycles. The second-order valence-corrected chi connectivity index (χ2v) is 4.98. The molecular weight excluding hydrogens is 272 g/mol. The molecular formula is C15H16N2O4. The molecule has 0 bridgehead atoms. The number of benzene rings is 1. The van der Waals surface area contributed by atoms with Gasteiger partial charge >= 0.3 is 5.97 Å². The molecule has 6 nitrogen and oxygen atoms in total. The Bertz CT molecular complexity index is 573. The predicted octanol–water partition coefficient (Wildman–Crippen LogP) is 0.707. The van der Waals surface area contributed by atoms with Gasteiger partial charge in [0, 0.05) is 13.0 Å². The summed E-state index contributed by atoms with van der Waals surface area (Å²) < 4.78 is 5.12. The van der Waals surface area contributed by atoms with Gasteiger partial charge in [0.15, 0.2) is 0 Å². The second kappa shape index (κ2) is 6.86. The van der Waals surface area contributed by atoms with Crippen LogP contribution in [0.4, 0.5) is 0 Å². The Morgan fingerprint density at radius 2 is 2.33 bits per heavy atom. The maximum atomic E-state index is 12.0. The van der Waals surface area contributed by atoms with Crippen LogP contribution in [0, 0.1) is 17.2 Å². The number of carbonyl (C=O) groups excluding carboxylic acids is 1. The molecule has 0 spiro atoms. The van der Waals surface area contributed by atoms with Crippen molar-refractivity contribution in [3.8, 4) is 6.07 Å². The lowest BCUT2D eigenvalue weighted by Gasteiger charge is -2.17. The molecule has 1 aromatic rings. The van der Waals surface area contributed by atoms with Crippen LogP contribution in [0.3, 0.4) is 0 Å². The summed E-state index contributed by atoms with van der Waals surface area (Å²) in [6.45, 7) is 0.863. The highest BCUT2D eigenvalue weighted by atomic mass is 16.5. The SMILES string of the molecule is N#Cc1cccc(C[C@@H](NC(=O)[C@@H]2CCOC2)C(=O)O)c1. The highest BCUT2D eigenvalue weighted by Gasteiger charge is 2.28. The van der Waals surface area contributed by atoms with Crippen molar-refractivity contribution in [1.82, 2.24) is 5.32 Å². The molecule has 1 heterocycles. The van der Waals surface area contributed by atoms with Crippen molar-refractivity contribution < 1.29 is 19.4 Å². The van der Waals surface area contributed by atoms with E-state index < -0.39 is 12.0 Å². The van der Waals surface area contributed by atoms with Gasteiger partial charge in [0.05, 0.1) is 24.2 Å². The first-order chi connectivity index (χ1) is 10.1. The zero-order valence-electron chi connectivity index (χ0n) is 11.4. The number of hydrogen-bond acceptors (Lipinski definition) is 4. The molecule has 2 rings (SSSR count). The summed E-state index contributed by atoms with van der Waals surface area (Å²) in [6.07, 6.45) is 0.756. The van der Waals surface area contributed by atoms with Crippen LogP contribution in [-0.4, -0.2) is 36.2 Å². The number of carbonyl (C=O) groups is 2. The maximum absolute atomic E-state index is 12.0. The minimum Gasteiger partial charge on any atom is -0.480 e. The van der Waals surface area contributed by atoms with E-state index in [4.69, 9.17) is 10.00 Å². The average molecular weight is 288 g/mol. The Hall–Kier alpha value is -2.39. The minimum absolute atomic E-state index is 0.143. The van der Waals surface area contributed by atoms with Gasteiger partial charge in [-0.1, -0.05) is 12.1 Å². The van der Waals surface area contributed by atoms with Gasteiger partial charge in [0.25, 0.3) is 0 Å². The monoisotopic (exact) mass is 288 g/mol. The van der Waals surface area contributed by atoms with Crippen LogP contribution in [-0.2, 0) is 20.7 Å². The standard InChI is InChI=1S/C15H16N2O4/c16-8-11-3-1-2-10(6-11)7-13(15(19)20)17-14(18)12-4-5-21-9-12/h1-3,6,12-13H,4-5,7,9H2,(H,17,18)(H,19,20)/t12-,13-/m1/s1. The molecule has 0 unspecified atom stereocenters. The van der Waals surface area contributed by atoms with Gasteiger partial charge in [0.2, 0.25) is 5.91 Å². The van der Waals surface area contributed by atoms with E-state index in [1.165, 1.54) is 0 Å². The van der Waals surface area contributed by atoms with Crippen LogP contribution in [0.2, 0.25) is 0 Å². The number of nitrogens with one attached hydrogen (secondary N) is 1. The predicted molar refractivity (Wildman–Crippen MR) is 73.4 cm³/mol. The zero-order valence-corrected chi connectivity index (χ0v) is 11.4. The van der Waals surface area contributed by atoms with Crippen molar-refractivity contribution in [3.05, 3.63) is 35.4 Å². The number of carboxylic acid groups (broad SMARTS) is 1. The highest BCUT2D eigenvalue weighted by Crippen LogP contribution is 2.13. The van der Waals surface area contributed by atoms with E-state index in [2.05, 4.69) is 5.32 Å². The van der Waals surface area contributed by atoms with Gasteiger partial charge < -0.3 is 15.2 Å². The van der Waals surface area contributed by atoms with Crippen molar-refractivity contribution in [2.24, 2.45) is 5.92 Å². The van der Waals surface area contributed by atoms with Gasteiger partial charge in [-0.2, -0.15) is 5.26 Å². The lowest BCUT2D eigenvalue weighted by Crippen LogP contribution is -2.45. The van der Waals surface area contributed by atoms with E-state index in [9.17, 15) is 14.7 Å². The van der Waals surface area contributed by atoms with Crippen LogP contribution >= 0.6 is 0 Å². The van der Waals surface area contributed by atoms with Crippen molar-refractivity contribution in [1.29, 1.82) is 5.26 Å². The van der Waals surface area contributed by atoms with Crippen LogP contribution in [0.15, 0.2) is 24.3 Å². The fraction of sp³-hybridized carbons (Fsp3) is 0.400. The molecule has 0 saturated carbocycles. The Morgan fingerprint density at radius 3 is 2.95 bits per heavy atom. The Labute approximate surface area is 122 Å². The number of nitriles is 1. The number of rotatable bonds is 5. The molecule has 1 aliphatic rings. The number of ether oxygens (including phenoxy) is 1. The molecule has 110 valence electrons. The third kappa shape index (κ3) is 4.04. The molecule has 0 aromatic heterocycles. The average Bonchev–Trinajstić information content (AvgIpc) is 3.01. The maximum Gasteiger partial charge on any atom is 0.326 e. The topological polar surface area (TPSA) is 99.4 Å². The third-order valence-corrected chi connectivity index (χ3v) is 3.41. The van der Waals surface area contributed by atoms with Gasteiger partial charge in [-0.25, -0.2) is 4.79 Å².